The average molecular weight is 394 g/mol. The zero-order valence-corrected chi connectivity index (χ0v) is 17.7. The van der Waals surface area contributed by atoms with Gasteiger partial charge in [-0.25, -0.2) is 9.36 Å². The van der Waals surface area contributed by atoms with Gasteiger partial charge in [0, 0.05) is 5.57 Å². The molecule has 0 rings (SSSR count). The third-order valence-corrected chi connectivity index (χ3v) is 4.80. The lowest BCUT2D eigenvalue weighted by molar-refractivity contribution is -0.930. The second kappa shape index (κ2) is 12.6. The Bertz CT molecular complexity index is 459. The summed E-state index contributed by atoms with van der Waals surface area (Å²) in [7, 11) is -4.58. The predicted octanol–water partition coefficient (Wildman–Crippen LogP) is 3.41. The van der Waals surface area contributed by atoms with Crippen LogP contribution in [0.1, 0.15) is 59.8 Å². The van der Waals surface area contributed by atoms with E-state index in [-0.39, 0.29) is 6.61 Å². The highest BCUT2D eigenvalue weighted by Crippen LogP contribution is 2.39. The van der Waals surface area contributed by atoms with Crippen LogP contribution < -0.4 is 0 Å². The quantitative estimate of drug-likeness (QED) is 0.145. The van der Waals surface area contributed by atoms with E-state index in [1.54, 1.807) is 6.92 Å². The molecule has 2 N–H and O–H groups in total. The molecule has 7 nitrogen and oxygen atoms in total. The molecule has 0 aromatic heterocycles. The number of phosphoric acid groups is 1. The van der Waals surface area contributed by atoms with Crippen LogP contribution in [0.3, 0.4) is 0 Å². The van der Waals surface area contributed by atoms with Gasteiger partial charge in [0.05, 0.1) is 26.2 Å². The number of phosphoric ester groups is 1. The largest absolute Gasteiger partial charge is 0.470 e. The summed E-state index contributed by atoms with van der Waals surface area (Å²) < 4.78 is 22.3. The number of rotatable bonds is 15. The first kappa shape index (κ1) is 25.3. The molecule has 8 heteroatoms. The summed E-state index contributed by atoms with van der Waals surface area (Å²) in [4.78, 5) is 30.0. The van der Waals surface area contributed by atoms with Gasteiger partial charge in [0.1, 0.15) is 12.6 Å². The van der Waals surface area contributed by atoms with Gasteiger partial charge in [0.15, 0.2) is 0 Å². The summed E-state index contributed by atoms with van der Waals surface area (Å²) in [5.74, 6) is -0.453. The molecule has 154 valence electrons. The summed E-state index contributed by atoms with van der Waals surface area (Å²) in [5, 5.41) is 0. The standard InChI is InChI=1S/C18H36NO6P/c1-6-11-19(12-7-2,13-8-3)15-17(25-26(21,22)23)10-9-14-24-18(20)16(4)5/h17H,4,6-15H2,1-3,5H3,(H-,21,22,23)/p+1. The van der Waals surface area contributed by atoms with E-state index in [0.717, 1.165) is 43.4 Å². The fourth-order valence-corrected chi connectivity index (χ4v) is 4.00. The van der Waals surface area contributed by atoms with Crippen LogP contribution in [-0.2, 0) is 18.6 Å². The van der Waals surface area contributed by atoms with Gasteiger partial charge in [-0.05, 0) is 39.0 Å². The van der Waals surface area contributed by atoms with E-state index in [4.69, 9.17) is 9.26 Å². The van der Waals surface area contributed by atoms with Gasteiger partial charge in [-0.15, -0.1) is 0 Å². The number of carbonyl (C=O) groups excluding carboxylic acids is 1. The van der Waals surface area contributed by atoms with Crippen molar-refractivity contribution in [3.05, 3.63) is 12.2 Å². The number of nitrogens with zero attached hydrogens (tertiary/aromatic N) is 1. The van der Waals surface area contributed by atoms with Crippen LogP contribution in [0.5, 0.6) is 0 Å². The van der Waals surface area contributed by atoms with E-state index in [9.17, 15) is 19.1 Å². The molecule has 0 aliphatic carbocycles. The fraction of sp³-hybridized carbons (Fsp3) is 0.833. The molecular formula is C18H37NO6P+. The Morgan fingerprint density at radius 2 is 1.62 bits per heavy atom. The third-order valence-electron chi connectivity index (χ3n) is 4.22. The molecule has 0 aliphatic heterocycles. The monoisotopic (exact) mass is 394 g/mol. The predicted molar refractivity (Wildman–Crippen MR) is 103 cm³/mol. The van der Waals surface area contributed by atoms with Crippen LogP contribution in [0.2, 0.25) is 0 Å². The molecule has 0 aromatic rings. The molecule has 0 spiro atoms. The summed E-state index contributed by atoms with van der Waals surface area (Å²) in [6, 6.07) is 0. The topological polar surface area (TPSA) is 93.1 Å². The highest BCUT2D eigenvalue weighted by Gasteiger charge is 2.33. The number of ether oxygens (including phenoxy) is 1. The second-order valence-electron chi connectivity index (χ2n) is 6.97. The van der Waals surface area contributed by atoms with E-state index in [1.165, 1.54) is 0 Å². The van der Waals surface area contributed by atoms with Crippen LogP contribution in [0.15, 0.2) is 12.2 Å². The molecule has 0 aromatic carbocycles. The van der Waals surface area contributed by atoms with Crippen molar-refractivity contribution in [1.82, 2.24) is 0 Å². The lowest BCUT2D eigenvalue weighted by atomic mass is 10.1. The second-order valence-corrected chi connectivity index (χ2v) is 8.16. The zero-order chi connectivity index (χ0) is 20.2. The highest BCUT2D eigenvalue weighted by molar-refractivity contribution is 7.46. The van der Waals surface area contributed by atoms with E-state index in [1.807, 2.05) is 0 Å². The van der Waals surface area contributed by atoms with Gasteiger partial charge >= 0.3 is 13.8 Å². The minimum Gasteiger partial charge on any atom is -0.462 e. The van der Waals surface area contributed by atoms with Gasteiger partial charge in [-0.1, -0.05) is 27.4 Å². The molecule has 0 saturated carbocycles. The number of hydrogen-bond acceptors (Lipinski definition) is 4. The molecule has 0 bridgehead atoms. The third kappa shape index (κ3) is 11.1. The van der Waals surface area contributed by atoms with Gasteiger partial charge in [0.25, 0.3) is 0 Å². The fourth-order valence-electron chi connectivity index (χ4n) is 3.43. The molecule has 26 heavy (non-hydrogen) atoms. The molecular weight excluding hydrogens is 357 g/mol. The highest BCUT2D eigenvalue weighted by atomic mass is 31.2. The Kier molecular flexibility index (Phi) is 12.3. The molecule has 0 aliphatic rings. The summed E-state index contributed by atoms with van der Waals surface area (Å²) >= 11 is 0. The van der Waals surface area contributed by atoms with Crippen molar-refractivity contribution in [3.63, 3.8) is 0 Å². The molecule has 0 amide bonds. The van der Waals surface area contributed by atoms with Crippen LogP contribution in [0, 0.1) is 0 Å². The Morgan fingerprint density at radius 3 is 2.00 bits per heavy atom. The minimum absolute atomic E-state index is 0.183. The molecule has 1 unspecified atom stereocenters. The van der Waals surface area contributed by atoms with Crippen LogP contribution in [-0.4, -0.2) is 59.1 Å². The first-order chi connectivity index (χ1) is 12.1. The Hall–Kier alpha value is -0.720. The Balaban J connectivity index is 4.99. The van der Waals surface area contributed by atoms with Gasteiger partial charge in [-0.3, -0.25) is 4.52 Å². The van der Waals surface area contributed by atoms with Gasteiger partial charge in [-0.2, -0.15) is 0 Å². The van der Waals surface area contributed by atoms with E-state index < -0.39 is 19.9 Å². The van der Waals surface area contributed by atoms with Crippen molar-refractivity contribution in [1.29, 1.82) is 0 Å². The SMILES string of the molecule is C=C(C)C(=O)OCCCC(C[N+](CCC)(CCC)CCC)OP(=O)(O)O. The first-order valence-electron chi connectivity index (χ1n) is 9.50. The molecule has 0 fully saturated rings. The maximum atomic E-state index is 11.4. The lowest BCUT2D eigenvalue weighted by Crippen LogP contribution is -2.54. The Morgan fingerprint density at radius 1 is 1.12 bits per heavy atom. The normalized spacial score (nSPS) is 13.5. The van der Waals surface area contributed by atoms with Crippen molar-refractivity contribution >= 4 is 13.8 Å². The van der Waals surface area contributed by atoms with Crippen LogP contribution in [0.25, 0.3) is 0 Å². The Labute approximate surface area is 158 Å². The van der Waals surface area contributed by atoms with Crippen LogP contribution in [0.4, 0.5) is 0 Å². The minimum atomic E-state index is -4.58. The van der Waals surface area contributed by atoms with Crippen molar-refractivity contribution < 1.29 is 32.9 Å². The van der Waals surface area contributed by atoms with E-state index in [0.29, 0.717) is 25.0 Å². The first-order valence-corrected chi connectivity index (χ1v) is 11.0. The average Bonchev–Trinajstić information content (AvgIpc) is 2.50. The smallest absolute Gasteiger partial charge is 0.462 e. The van der Waals surface area contributed by atoms with E-state index in [2.05, 4.69) is 27.4 Å². The number of esters is 1. The van der Waals surface area contributed by atoms with Crippen molar-refractivity contribution in [2.75, 3.05) is 32.8 Å². The maximum Gasteiger partial charge on any atom is 0.470 e. The van der Waals surface area contributed by atoms with Crippen molar-refractivity contribution in [2.24, 2.45) is 0 Å². The lowest BCUT2D eigenvalue weighted by Gasteiger charge is -2.40. The van der Waals surface area contributed by atoms with Crippen molar-refractivity contribution in [2.45, 2.75) is 65.9 Å². The molecule has 0 heterocycles. The number of carbonyl (C=O) groups is 1. The number of hydrogen-bond donors (Lipinski definition) is 2. The van der Waals surface area contributed by atoms with Gasteiger partial charge < -0.3 is 19.0 Å². The molecule has 0 saturated heterocycles. The number of quaternary nitrogens is 1. The molecule has 1 atom stereocenters. The van der Waals surface area contributed by atoms with E-state index >= 15 is 0 Å². The van der Waals surface area contributed by atoms with Gasteiger partial charge in [0.2, 0.25) is 0 Å². The van der Waals surface area contributed by atoms with Crippen LogP contribution >= 0.6 is 7.82 Å². The molecule has 0 radical (unpaired) electrons. The summed E-state index contributed by atoms with van der Waals surface area (Å²) in [6.45, 7) is 15.0. The summed E-state index contributed by atoms with van der Waals surface area (Å²) in [5.41, 5.74) is 0.331. The zero-order valence-electron chi connectivity index (χ0n) is 16.8. The van der Waals surface area contributed by atoms with Crippen molar-refractivity contribution in [3.8, 4) is 0 Å². The maximum absolute atomic E-state index is 11.4. The summed E-state index contributed by atoms with van der Waals surface area (Å²) in [6.07, 6.45) is 3.32.